The van der Waals surface area contributed by atoms with Crippen LogP contribution in [0, 0.1) is 0 Å². The fourth-order valence-corrected chi connectivity index (χ4v) is 1.66. The quantitative estimate of drug-likeness (QED) is 0.336. The maximum Gasteiger partial charge on any atom is 0.237 e. The summed E-state index contributed by atoms with van der Waals surface area (Å²) in [6.45, 7) is 0. The van der Waals surface area contributed by atoms with Gasteiger partial charge >= 0.3 is 0 Å². The summed E-state index contributed by atoms with van der Waals surface area (Å²) in [7, 11) is 0. The van der Waals surface area contributed by atoms with Crippen LogP contribution in [0.3, 0.4) is 0 Å². The van der Waals surface area contributed by atoms with E-state index in [0.717, 1.165) is 0 Å². The van der Waals surface area contributed by atoms with Gasteiger partial charge in [0.2, 0.25) is 11.6 Å². The zero-order chi connectivity index (χ0) is 14.0. The second-order valence-corrected chi connectivity index (χ2v) is 3.91. The van der Waals surface area contributed by atoms with E-state index in [-0.39, 0.29) is 28.3 Å². The van der Waals surface area contributed by atoms with E-state index in [1.165, 1.54) is 36.4 Å². The van der Waals surface area contributed by atoms with Crippen molar-refractivity contribution in [2.45, 2.75) is 0 Å². The topological polar surface area (TPSA) is 101 Å². The standard InChI is InChI=1S/C14H11NO4/c15-12-9(5-3-7-11(12)17)14(19)13(18)8-4-1-2-6-10(8)16/h1-7,16-17H,15H2. The lowest BCUT2D eigenvalue weighted by molar-refractivity contribution is 0.0815. The van der Waals surface area contributed by atoms with E-state index in [1.807, 2.05) is 0 Å². The first-order chi connectivity index (χ1) is 9.02. The van der Waals surface area contributed by atoms with Crippen molar-refractivity contribution in [2.75, 3.05) is 5.73 Å². The molecule has 0 heterocycles. The van der Waals surface area contributed by atoms with Crippen LogP contribution < -0.4 is 5.73 Å². The number of aromatic hydroxyl groups is 2. The van der Waals surface area contributed by atoms with E-state index in [2.05, 4.69) is 0 Å². The minimum absolute atomic E-state index is 0.0896. The molecule has 0 saturated carbocycles. The SMILES string of the molecule is Nc1c(O)cccc1C(=O)C(=O)c1ccccc1O. The zero-order valence-electron chi connectivity index (χ0n) is 9.83. The fraction of sp³-hybridized carbons (Fsp3) is 0. The van der Waals surface area contributed by atoms with E-state index < -0.39 is 11.6 Å². The highest BCUT2D eigenvalue weighted by Crippen LogP contribution is 2.26. The highest BCUT2D eigenvalue weighted by Gasteiger charge is 2.23. The second-order valence-electron chi connectivity index (χ2n) is 3.91. The number of phenolic OH excluding ortho intramolecular Hbond substituents is 2. The molecule has 0 aliphatic carbocycles. The summed E-state index contributed by atoms with van der Waals surface area (Å²) in [5, 5.41) is 19.0. The number of rotatable bonds is 3. The molecule has 5 heteroatoms. The van der Waals surface area contributed by atoms with E-state index >= 15 is 0 Å². The molecule has 2 aromatic rings. The Balaban J connectivity index is 2.43. The van der Waals surface area contributed by atoms with E-state index in [4.69, 9.17) is 5.73 Å². The van der Waals surface area contributed by atoms with Crippen LogP contribution >= 0.6 is 0 Å². The summed E-state index contributed by atoms with van der Waals surface area (Å²) in [5.41, 5.74) is 5.20. The van der Waals surface area contributed by atoms with Gasteiger partial charge in [0.05, 0.1) is 16.8 Å². The van der Waals surface area contributed by atoms with Crippen molar-refractivity contribution in [3.63, 3.8) is 0 Å². The van der Waals surface area contributed by atoms with Crippen molar-refractivity contribution >= 4 is 17.3 Å². The molecule has 0 unspecified atom stereocenters. The van der Waals surface area contributed by atoms with Gasteiger partial charge in [-0.25, -0.2) is 0 Å². The van der Waals surface area contributed by atoms with Crippen molar-refractivity contribution in [1.29, 1.82) is 0 Å². The number of carbonyl (C=O) groups excluding carboxylic acids is 2. The average Bonchev–Trinajstić information content (AvgIpc) is 2.41. The van der Waals surface area contributed by atoms with Crippen LogP contribution in [0.2, 0.25) is 0 Å². The van der Waals surface area contributed by atoms with Gasteiger partial charge in [-0.05, 0) is 24.3 Å². The molecule has 0 aliphatic rings. The molecule has 0 spiro atoms. The Morgan fingerprint density at radius 1 is 0.789 bits per heavy atom. The van der Waals surface area contributed by atoms with Gasteiger partial charge in [0.25, 0.3) is 0 Å². The number of para-hydroxylation sites is 2. The largest absolute Gasteiger partial charge is 0.507 e. The van der Waals surface area contributed by atoms with Gasteiger partial charge in [0.1, 0.15) is 11.5 Å². The Morgan fingerprint density at radius 2 is 1.32 bits per heavy atom. The number of hydrogen-bond donors (Lipinski definition) is 3. The first kappa shape index (κ1) is 12.6. The lowest BCUT2D eigenvalue weighted by Gasteiger charge is -2.06. The zero-order valence-corrected chi connectivity index (χ0v) is 9.83. The summed E-state index contributed by atoms with van der Waals surface area (Å²) >= 11 is 0. The van der Waals surface area contributed by atoms with Gasteiger partial charge in [-0.3, -0.25) is 9.59 Å². The fourth-order valence-electron chi connectivity index (χ4n) is 1.66. The Kier molecular flexibility index (Phi) is 3.20. The summed E-state index contributed by atoms with van der Waals surface area (Å²) in [4.78, 5) is 24.0. The van der Waals surface area contributed by atoms with Crippen molar-refractivity contribution in [3.8, 4) is 11.5 Å². The van der Waals surface area contributed by atoms with Crippen molar-refractivity contribution < 1.29 is 19.8 Å². The molecule has 2 rings (SSSR count). The predicted molar refractivity (Wildman–Crippen MR) is 69.3 cm³/mol. The molecule has 0 aliphatic heterocycles. The number of hydrogen-bond acceptors (Lipinski definition) is 5. The molecule has 19 heavy (non-hydrogen) atoms. The third-order valence-electron chi connectivity index (χ3n) is 2.68. The molecular weight excluding hydrogens is 246 g/mol. The number of nitrogens with two attached hydrogens (primary N) is 1. The van der Waals surface area contributed by atoms with Crippen LogP contribution in [0.1, 0.15) is 20.7 Å². The van der Waals surface area contributed by atoms with Gasteiger partial charge in [-0.1, -0.05) is 18.2 Å². The van der Waals surface area contributed by atoms with Crippen LogP contribution in [0.25, 0.3) is 0 Å². The highest BCUT2D eigenvalue weighted by molar-refractivity contribution is 6.50. The van der Waals surface area contributed by atoms with Crippen LogP contribution in [-0.4, -0.2) is 21.8 Å². The Hall–Kier alpha value is -2.82. The molecule has 0 fully saturated rings. The van der Waals surface area contributed by atoms with Crippen LogP contribution in [0.15, 0.2) is 42.5 Å². The molecule has 0 saturated heterocycles. The molecule has 0 radical (unpaired) electrons. The van der Waals surface area contributed by atoms with E-state index in [0.29, 0.717) is 0 Å². The van der Waals surface area contributed by atoms with Gasteiger partial charge in [-0.15, -0.1) is 0 Å². The normalized spacial score (nSPS) is 10.1. The first-order valence-electron chi connectivity index (χ1n) is 5.47. The maximum absolute atomic E-state index is 12.0. The van der Waals surface area contributed by atoms with Crippen molar-refractivity contribution in [3.05, 3.63) is 53.6 Å². The Morgan fingerprint density at radius 3 is 2.00 bits per heavy atom. The van der Waals surface area contributed by atoms with Gasteiger partial charge in [0.15, 0.2) is 0 Å². The van der Waals surface area contributed by atoms with Crippen molar-refractivity contribution in [1.82, 2.24) is 0 Å². The number of Topliss-reactive ketones (excluding diaryl/α,β-unsaturated/α-hetero) is 2. The van der Waals surface area contributed by atoms with E-state index in [9.17, 15) is 19.8 Å². The number of anilines is 1. The number of ketones is 2. The number of phenols is 2. The molecule has 0 atom stereocenters. The third-order valence-corrected chi connectivity index (χ3v) is 2.68. The number of nitrogen functional groups attached to an aromatic ring is 1. The van der Waals surface area contributed by atoms with Gasteiger partial charge in [-0.2, -0.15) is 0 Å². The molecule has 4 N–H and O–H groups in total. The number of benzene rings is 2. The second kappa shape index (κ2) is 4.81. The van der Waals surface area contributed by atoms with Crippen LogP contribution in [0.4, 0.5) is 5.69 Å². The average molecular weight is 257 g/mol. The summed E-state index contributed by atoms with van der Waals surface area (Å²) in [6.07, 6.45) is 0. The molecule has 0 aromatic heterocycles. The Bertz CT molecular complexity index is 664. The van der Waals surface area contributed by atoms with Gasteiger partial charge < -0.3 is 15.9 Å². The highest BCUT2D eigenvalue weighted by atomic mass is 16.3. The van der Waals surface area contributed by atoms with Crippen LogP contribution in [0.5, 0.6) is 11.5 Å². The summed E-state index contributed by atoms with van der Waals surface area (Å²) < 4.78 is 0. The first-order valence-corrected chi connectivity index (χ1v) is 5.47. The summed E-state index contributed by atoms with van der Waals surface area (Å²) in [5.74, 6) is -2.30. The smallest absolute Gasteiger partial charge is 0.237 e. The Labute approximate surface area is 108 Å². The van der Waals surface area contributed by atoms with E-state index in [1.54, 1.807) is 6.07 Å². The molecule has 0 bridgehead atoms. The predicted octanol–water partition coefficient (Wildman–Crippen LogP) is 1.75. The molecule has 96 valence electrons. The molecule has 5 nitrogen and oxygen atoms in total. The maximum atomic E-state index is 12.0. The number of carbonyl (C=O) groups is 2. The molecular formula is C14H11NO4. The molecule has 2 aromatic carbocycles. The minimum Gasteiger partial charge on any atom is -0.507 e. The lowest BCUT2D eigenvalue weighted by atomic mass is 9.99. The van der Waals surface area contributed by atoms with Crippen LogP contribution in [-0.2, 0) is 0 Å². The monoisotopic (exact) mass is 257 g/mol. The third kappa shape index (κ3) is 2.26. The molecule has 0 amide bonds. The summed E-state index contributed by atoms with van der Waals surface area (Å²) in [6, 6.07) is 9.80. The van der Waals surface area contributed by atoms with Gasteiger partial charge in [0, 0.05) is 0 Å². The lowest BCUT2D eigenvalue weighted by Crippen LogP contribution is -2.16. The minimum atomic E-state index is -0.880. The van der Waals surface area contributed by atoms with Crippen molar-refractivity contribution in [2.24, 2.45) is 0 Å².